The second kappa shape index (κ2) is 5.79. The van der Waals surface area contributed by atoms with Crippen molar-refractivity contribution in [2.45, 2.75) is 26.9 Å². The average Bonchev–Trinajstić information content (AvgIpc) is 2.41. The first kappa shape index (κ1) is 22.1. The third-order valence-electron chi connectivity index (χ3n) is 3.87. The van der Waals surface area contributed by atoms with Crippen LogP contribution in [-0.2, 0) is 14.3 Å². The van der Waals surface area contributed by atoms with Crippen molar-refractivity contribution in [2.24, 2.45) is 5.92 Å². The van der Waals surface area contributed by atoms with Crippen molar-refractivity contribution in [1.82, 2.24) is 0 Å². The van der Waals surface area contributed by atoms with Gasteiger partial charge in [-0.3, -0.25) is 0 Å². The van der Waals surface area contributed by atoms with Gasteiger partial charge in [0.15, 0.2) is 5.79 Å². The van der Waals surface area contributed by atoms with Crippen LogP contribution in [0.4, 0.5) is 13.2 Å². The molecule has 0 bridgehead atoms. The second-order valence-corrected chi connectivity index (χ2v) is 7.03. The highest BCUT2D eigenvalue weighted by Gasteiger charge is 2.70. The molecule has 1 saturated carbocycles. The van der Waals surface area contributed by atoms with E-state index in [1.54, 1.807) is 0 Å². The van der Waals surface area contributed by atoms with Gasteiger partial charge in [0.1, 0.15) is 5.76 Å². The Bertz CT molecular complexity index is 716. The van der Waals surface area contributed by atoms with Gasteiger partial charge in [-0.2, -0.15) is 26.9 Å². The first-order valence-corrected chi connectivity index (χ1v) is 7.48. The molecule has 1 aliphatic rings. The summed E-state index contributed by atoms with van der Waals surface area (Å²) < 4.78 is 63.6. The van der Waals surface area contributed by atoms with E-state index < -0.39 is 48.7 Å². The number of nitrogens with zero attached hydrogens (tertiary/aromatic N) is 1. The van der Waals surface area contributed by atoms with Gasteiger partial charge < -0.3 is 14.4 Å². The minimum absolute atomic E-state index is 0.0705. The standard InChI is InChI=1S/C9H4B6F3NO5S/c10-5(11)4(6(20,21)8(14,15)7(5,12)13)3(1-2-19)24-25(22,23)9(16,17)18/h1,4,20-21H/b3-1-. The molecule has 120 valence electrons. The van der Waals surface area contributed by atoms with E-state index in [9.17, 15) is 31.8 Å². The summed E-state index contributed by atoms with van der Waals surface area (Å²) in [5.41, 5.74) is -5.93. The predicted octanol–water partition coefficient (Wildman–Crippen LogP) is -2.07. The molecule has 1 unspecified atom stereocenters. The number of alkyl halides is 3. The van der Waals surface area contributed by atoms with Crippen LogP contribution in [0.25, 0.3) is 0 Å². The minimum Gasteiger partial charge on any atom is -0.379 e. The molecule has 1 rings (SSSR count). The van der Waals surface area contributed by atoms with E-state index in [2.05, 4.69) is 4.18 Å². The van der Waals surface area contributed by atoms with Gasteiger partial charge in [-0.25, -0.2) is 0 Å². The molecule has 2 N–H and O–H groups in total. The maximum absolute atomic E-state index is 12.5. The van der Waals surface area contributed by atoms with Crippen LogP contribution < -0.4 is 0 Å². The lowest BCUT2D eigenvalue weighted by molar-refractivity contribution is -0.190. The summed E-state index contributed by atoms with van der Waals surface area (Å²) in [7, 11) is 26.6. The van der Waals surface area contributed by atoms with Crippen molar-refractivity contribution in [3.63, 3.8) is 0 Å². The normalized spacial score (nSPS) is 27.4. The van der Waals surface area contributed by atoms with E-state index >= 15 is 0 Å². The van der Waals surface area contributed by atoms with Crippen molar-refractivity contribution < 1.29 is 36.0 Å². The minimum atomic E-state index is -6.35. The van der Waals surface area contributed by atoms with E-state index in [-0.39, 0.29) is 6.08 Å². The number of aliphatic hydroxyl groups is 2. The molecule has 25 heavy (non-hydrogen) atoms. The van der Waals surface area contributed by atoms with Crippen LogP contribution in [0.15, 0.2) is 11.8 Å². The number of rotatable bonds is 3. The molecule has 0 amide bonds. The Morgan fingerprint density at radius 3 is 1.84 bits per heavy atom. The zero-order valence-electron chi connectivity index (χ0n) is 12.2. The highest BCUT2D eigenvalue weighted by atomic mass is 32.2. The Morgan fingerprint density at radius 1 is 1.12 bits per heavy atom. The largest absolute Gasteiger partial charge is 0.534 e. The van der Waals surface area contributed by atoms with E-state index in [0.717, 1.165) is 6.07 Å². The molecule has 0 aromatic heterocycles. The van der Waals surface area contributed by atoms with E-state index in [0.29, 0.717) is 0 Å². The van der Waals surface area contributed by atoms with Crippen LogP contribution >= 0.6 is 0 Å². The lowest BCUT2D eigenvalue weighted by Gasteiger charge is -2.48. The molecule has 6 nitrogen and oxygen atoms in total. The van der Waals surface area contributed by atoms with Crippen molar-refractivity contribution >= 4 is 57.2 Å². The molecule has 0 spiro atoms. The summed E-state index contributed by atoms with van der Waals surface area (Å²) >= 11 is 0. The number of nitriles is 1. The Morgan fingerprint density at radius 2 is 1.56 bits per heavy atom. The third kappa shape index (κ3) is 2.94. The summed E-state index contributed by atoms with van der Waals surface area (Å²) in [4.78, 5) is 0. The lowest BCUT2D eigenvalue weighted by atomic mass is 9.20. The first-order chi connectivity index (χ1) is 10.8. The van der Waals surface area contributed by atoms with Crippen molar-refractivity contribution in [3.8, 4) is 6.07 Å². The van der Waals surface area contributed by atoms with Crippen LogP contribution in [-0.4, -0.2) is 77.0 Å². The molecular weight excluding hydrogens is 356 g/mol. The first-order valence-electron chi connectivity index (χ1n) is 6.07. The number of allylic oxidation sites excluding steroid dienone is 1. The van der Waals surface area contributed by atoms with Crippen LogP contribution in [0, 0.1) is 17.2 Å². The fourth-order valence-corrected chi connectivity index (χ4v) is 2.79. The fourth-order valence-electron chi connectivity index (χ4n) is 2.30. The highest BCUT2D eigenvalue weighted by Crippen LogP contribution is 2.74. The van der Waals surface area contributed by atoms with Crippen molar-refractivity contribution in [1.29, 1.82) is 5.26 Å². The predicted molar refractivity (Wildman–Crippen MR) is 83.0 cm³/mol. The van der Waals surface area contributed by atoms with Crippen LogP contribution in [0.1, 0.15) is 0 Å². The highest BCUT2D eigenvalue weighted by molar-refractivity contribution is 7.87. The second-order valence-electron chi connectivity index (χ2n) is 5.49. The molecule has 12 radical (unpaired) electrons. The molecule has 0 aliphatic heterocycles. The zero-order valence-corrected chi connectivity index (χ0v) is 13.0. The summed E-state index contributed by atoms with van der Waals surface area (Å²) in [5.74, 6) is -7.65. The Balaban J connectivity index is 3.64. The Kier molecular flexibility index (Phi) is 5.12. The zero-order chi connectivity index (χ0) is 20.3. The Hall–Kier alpha value is -0.920. The maximum atomic E-state index is 12.5. The molecule has 0 aromatic carbocycles. The van der Waals surface area contributed by atoms with Gasteiger partial charge in [0.2, 0.25) is 0 Å². The van der Waals surface area contributed by atoms with Gasteiger partial charge in [0.25, 0.3) is 0 Å². The molecule has 16 heteroatoms. The van der Waals surface area contributed by atoms with Crippen molar-refractivity contribution in [3.05, 3.63) is 11.8 Å². The van der Waals surface area contributed by atoms with Gasteiger partial charge in [-0.15, -0.1) is 5.21 Å². The molecule has 0 heterocycles. The van der Waals surface area contributed by atoms with Gasteiger partial charge in [-0.1, -0.05) is 10.4 Å². The van der Waals surface area contributed by atoms with Gasteiger partial charge in [0.05, 0.1) is 65.1 Å². The fraction of sp³-hybridized carbons (Fsp3) is 0.667. The van der Waals surface area contributed by atoms with Crippen LogP contribution in [0.2, 0.25) is 15.6 Å². The van der Waals surface area contributed by atoms with Crippen molar-refractivity contribution in [2.75, 3.05) is 0 Å². The third-order valence-corrected chi connectivity index (χ3v) is 4.85. The van der Waals surface area contributed by atoms with Gasteiger partial charge in [-0.05, 0) is 0 Å². The molecule has 0 aromatic rings. The average molecular weight is 360 g/mol. The van der Waals surface area contributed by atoms with Crippen LogP contribution in [0.5, 0.6) is 0 Å². The van der Waals surface area contributed by atoms with E-state index in [1.165, 1.54) is 0 Å². The monoisotopic (exact) mass is 361 g/mol. The quantitative estimate of drug-likeness (QED) is 0.150. The van der Waals surface area contributed by atoms with E-state index in [1.807, 2.05) is 0 Å². The summed E-state index contributed by atoms with van der Waals surface area (Å²) in [6.07, 6.45) is 0.0705. The Labute approximate surface area is 149 Å². The molecule has 1 fully saturated rings. The summed E-state index contributed by atoms with van der Waals surface area (Å²) in [6, 6.07) is 1.13. The number of hydrogen-bond donors (Lipinski definition) is 2. The lowest BCUT2D eigenvalue weighted by Crippen LogP contribution is -2.48. The van der Waals surface area contributed by atoms with Gasteiger partial charge >= 0.3 is 15.6 Å². The summed E-state index contributed by atoms with van der Waals surface area (Å²) in [5, 5.41) is 20.3. The van der Waals surface area contributed by atoms with E-state index in [4.69, 9.17) is 52.3 Å². The van der Waals surface area contributed by atoms with Gasteiger partial charge in [0, 0.05) is 0 Å². The topological polar surface area (TPSA) is 108 Å². The molecular formula is C9H4B6F3NO5S. The maximum Gasteiger partial charge on any atom is 0.534 e. The SMILES string of the molecule is [B]C1([B])C(/C(=C/C#N)OS(=O)(=O)C(F)(F)F)C(O)(O)C([B])([B])C1([B])[B]. The number of hydrogen-bond acceptors (Lipinski definition) is 6. The van der Waals surface area contributed by atoms with Crippen LogP contribution in [0.3, 0.4) is 0 Å². The molecule has 1 aliphatic carbocycles. The molecule has 1 atom stereocenters. The molecule has 0 saturated heterocycles. The summed E-state index contributed by atoms with van der Waals surface area (Å²) in [6.45, 7) is 0. The smallest absolute Gasteiger partial charge is 0.379 e. The number of halogens is 3.